The van der Waals surface area contributed by atoms with Crippen molar-refractivity contribution in [1.82, 2.24) is 30.0 Å². The van der Waals surface area contributed by atoms with Gasteiger partial charge in [-0.25, -0.2) is 4.39 Å². The van der Waals surface area contributed by atoms with E-state index in [0.717, 1.165) is 11.4 Å². The maximum Gasteiger partial charge on any atom is 0.256 e. The molecule has 1 aliphatic heterocycles. The molecule has 166 valence electrons. The lowest BCUT2D eigenvalue weighted by molar-refractivity contribution is -0.121. The normalized spacial score (nSPS) is 13.4. The molecule has 2 amide bonds. The molecule has 0 aliphatic carbocycles. The first-order valence-electron chi connectivity index (χ1n) is 10.3. The van der Waals surface area contributed by atoms with E-state index in [4.69, 9.17) is 11.6 Å². The summed E-state index contributed by atoms with van der Waals surface area (Å²) in [5.41, 5.74) is 0.955. The number of nitrogens with zero attached hydrogens (tertiary/aromatic N) is 5. The van der Waals surface area contributed by atoms with Crippen LogP contribution in [0.4, 0.5) is 4.39 Å². The molecule has 0 fully saturated rings. The number of halogens is 2. The van der Waals surface area contributed by atoms with E-state index in [1.807, 2.05) is 16.7 Å². The first-order valence-corrected chi connectivity index (χ1v) is 10.7. The van der Waals surface area contributed by atoms with Crippen molar-refractivity contribution in [2.24, 2.45) is 0 Å². The van der Waals surface area contributed by atoms with Gasteiger partial charge in [-0.05, 0) is 30.2 Å². The SMILES string of the molecule is O=C(CCc1cccnc1)NCc1nnc2n1CCN(C(=O)c1cccc(Cl)c1F)CC2. The number of carbonyl (C=O) groups is 2. The first-order chi connectivity index (χ1) is 15.5. The highest BCUT2D eigenvalue weighted by Gasteiger charge is 2.25. The molecule has 10 heteroatoms. The van der Waals surface area contributed by atoms with E-state index in [1.54, 1.807) is 23.4 Å². The zero-order valence-electron chi connectivity index (χ0n) is 17.3. The Hall–Kier alpha value is -3.33. The predicted molar refractivity (Wildman–Crippen MR) is 115 cm³/mol. The zero-order chi connectivity index (χ0) is 22.5. The largest absolute Gasteiger partial charge is 0.349 e. The standard InChI is InChI=1S/C22H22ClFN6O2/c23-17-5-1-4-16(21(17)24)22(32)29-10-8-18-27-28-19(30(18)12-11-29)14-26-20(31)7-6-15-3-2-9-25-13-15/h1-5,9,13H,6-8,10-12,14H2,(H,26,31). The number of rotatable bonds is 6. The quantitative estimate of drug-likeness (QED) is 0.615. The average molecular weight is 457 g/mol. The van der Waals surface area contributed by atoms with Crippen molar-refractivity contribution in [3.05, 3.63) is 76.3 Å². The summed E-state index contributed by atoms with van der Waals surface area (Å²) in [5, 5.41) is 11.2. The number of hydrogen-bond acceptors (Lipinski definition) is 5. The average Bonchev–Trinajstić information content (AvgIpc) is 3.07. The second-order valence-electron chi connectivity index (χ2n) is 7.47. The highest BCUT2D eigenvalue weighted by atomic mass is 35.5. The second-order valence-corrected chi connectivity index (χ2v) is 7.87. The minimum Gasteiger partial charge on any atom is -0.349 e. The fraction of sp³-hybridized carbons (Fsp3) is 0.318. The van der Waals surface area contributed by atoms with Crippen molar-refractivity contribution in [2.45, 2.75) is 32.4 Å². The maximum atomic E-state index is 14.3. The molecule has 0 radical (unpaired) electrons. The van der Waals surface area contributed by atoms with Crippen LogP contribution in [0.25, 0.3) is 0 Å². The molecule has 3 heterocycles. The number of nitrogens with one attached hydrogen (secondary N) is 1. The summed E-state index contributed by atoms with van der Waals surface area (Å²) in [6, 6.07) is 8.17. The van der Waals surface area contributed by atoms with Gasteiger partial charge in [0.2, 0.25) is 5.91 Å². The fourth-order valence-electron chi connectivity index (χ4n) is 3.63. The number of hydrogen-bond donors (Lipinski definition) is 1. The van der Waals surface area contributed by atoms with Gasteiger partial charge < -0.3 is 14.8 Å². The number of fused-ring (bicyclic) bond motifs is 1. The van der Waals surface area contributed by atoms with E-state index >= 15 is 0 Å². The molecule has 0 saturated heterocycles. The lowest BCUT2D eigenvalue weighted by atomic mass is 10.1. The van der Waals surface area contributed by atoms with E-state index < -0.39 is 11.7 Å². The Bertz CT molecular complexity index is 1120. The van der Waals surface area contributed by atoms with Gasteiger partial charge in [0, 0.05) is 44.9 Å². The summed E-state index contributed by atoms with van der Waals surface area (Å²) < 4.78 is 16.2. The molecule has 2 aromatic heterocycles. The van der Waals surface area contributed by atoms with Gasteiger partial charge in [0.1, 0.15) is 5.82 Å². The van der Waals surface area contributed by atoms with Crippen LogP contribution in [-0.2, 0) is 30.7 Å². The lowest BCUT2D eigenvalue weighted by Crippen LogP contribution is -2.34. The maximum absolute atomic E-state index is 14.3. The van der Waals surface area contributed by atoms with Crippen molar-refractivity contribution < 1.29 is 14.0 Å². The summed E-state index contributed by atoms with van der Waals surface area (Å²) in [5.74, 6) is 0.143. The van der Waals surface area contributed by atoms with Crippen molar-refractivity contribution in [3.63, 3.8) is 0 Å². The molecule has 3 aromatic rings. The molecule has 0 bridgehead atoms. The van der Waals surface area contributed by atoms with Crippen LogP contribution in [0.1, 0.15) is 34.0 Å². The Labute approximate surface area is 189 Å². The predicted octanol–water partition coefficient (Wildman–Crippen LogP) is 2.41. The monoisotopic (exact) mass is 456 g/mol. The minimum atomic E-state index is -0.711. The van der Waals surface area contributed by atoms with Crippen LogP contribution < -0.4 is 5.32 Å². The van der Waals surface area contributed by atoms with Gasteiger partial charge in [-0.1, -0.05) is 23.7 Å². The van der Waals surface area contributed by atoms with Crippen LogP contribution in [0, 0.1) is 5.82 Å². The number of aromatic nitrogens is 4. The topological polar surface area (TPSA) is 93.0 Å². The van der Waals surface area contributed by atoms with Gasteiger partial charge >= 0.3 is 0 Å². The van der Waals surface area contributed by atoms with E-state index in [-0.39, 0.29) is 23.0 Å². The van der Waals surface area contributed by atoms with Crippen LogP contribution in [0.5, 0.6) is 0 Å². The van der Waals surface area contributed by atoms with Crippen LogP contribution in [-0.4, -0.2) is 49.6 Å². The molecule has 0 spiro atoms. The number of carbonyl (C=O) groups excluding carboxylic acids is 2. The summed E-state index contributed by atoms with van der Waals surface area (Å²) in [6.45, 7) is 1.46. The van der Waals surface area contributed by atoms with Gasteiger partial charge in [0.05, 0.1) is 17.1 Å². The van der Waals surface area contributed by atoms with Crippen LogP contribution in [0.2, 0.25) is 5.02 Å². The molecule has 8 nitrogen and oxygen atoms in total. The summed E-state index contributed by atoms with van der Waals surface area (Å²) in [6.07, 6.45) is 4.87. The second kappa shape index (κ2) is 9.86. The molecule has 1 aliphatic rings. The molecule has 0 saturated carbocycles. The van der Waals surface area contributed by atoms with Crippen LogP contribution >= 0.6 is 11.6 Å². The highest BCUT2D eigenvalue weighted by Crippen LogP contribution is 2.20. The fourth-order valence-corrected chi connectivity index (χ4v) is 3.80. The smallest absolute Gasteiger partial charge is 0.256 e. The van der Waals surface area contributed by atoms with Crippen LogP contribution in [0.3, 0.4) is 0 Å². The van der Waals surface area contributed by atoms with Gasteiger partial charge in [-0.2, -0.15) is 0 Å². The number of amides is 2. The van der Waals surface area contributed by atoms with Crippen molar-refractivity contribution in [3.8, 4) is 0 Å². The third-order valence-corrected chi connectivity index (χ3v) is 5.67. The van der Waals surface area contributed by atoms with Crippen molar-refractivity contribution in [2.75, 3.05) is 13.1 Å². The molecular weight excluding hydrogens is 435 g/mol. The Balaban J connectivity index is 1.34. The van der Waals surface area contributed by atoms with E-state index in [0.29, 0.717) is 44.7 Å². The van der Waals surface area contributed by atoms with Gasteiger partial charge in [-0.3, -0.25) is 14.6 Å². The van der Waals surface area contributed by atoms with Gasteiger partial charge in [-0.15, -0.1) is 10.2 Å². The highest BCUT2D eigenvalue weighted by molar-refractivity contribution is 6.31. The number of benzene rings is 1. The van der Waals surface area contributed by atoms with Crippen molar-refractivity contribution in [1.29, 1.82) is 0 Å². The molecular formula is C22H22ClFN6O2. The third kappa shape index (κ3) is 4.94. The van der Waals surface area contributed by atoms with Gasteiger partial charge in [0.15, 0.2) is 11.6 Å². The summed E-state index contributed by atoms with van der Waals surface area (Å²) in [4.78, 5) is 30.7. The summed E-state index contributed by atoms with van der Waals surface area (Å²) >= 11 is 5.82. The first kappa shape index (κ1) is 21.9. The van der Waals surface area contributed by atoms with Crippen LogP contribution in [0.15, 0.2) is 42.7 Å². The van der Waals surface area contributed by atoms with E-state index in [9.17, 15) is 14.0 Å². The molecule has 32 heavy (non-hydrogen) atoms. The zero-order valence-corrected chi connectivity index (χ0v) is 18.1. The molecule has 1 N–H and O–H groups in total. The molecule has 0 atom stereocenters. The van der Waals surface area contributed by atoms with E-state index in [1.165, 1.54) is 12.1 Å². The number of aryl methyl sites for hydroxylation is 1. The molecule has 4 rings (SSSR count). The van der Waals surface area contributed by atoms with Gasteiger partial charge in [0.25, 0.3) is 5.91 Å². The van der Waals surface area contributed by atoms with E-state index in [2.05, 4.69) is 20.5 Å². The Kier molecular flexibility index (Phi) is 6.75. The minimum absolute atomic E-state index is 0.0451. The number of pyridine rings is 1. The summed E-state index contributed by atoms with van der Waals surface area (Å²) in [7, 11) is 0. The Morgan fingerprint density at radius 2 is 2.00 bits per heavy atom. The Morgan fingerprint density at radius 1 is 1.12 bits per heavy atom. The Morgan fingerprint density at radius 3 is 2.81 bits per heavy atom. The van der Waals surface area contributed by atoms with Crippen molar-refractivity contribution >= 4 is 23.4 Å². The molecule has 1 aromatic carbocycles. The third-order valence-electron chi connectivity index (χ3n) is 5.38. The molecule has 0 unspecified atom stereocenters. The lowest BCUT2D eigenvalue weighted by Gasteiger charge is -2.20.